The molecular weight excluding hydrogens is 154 g/mol. The van der Waals surface area contributed by atoms with E-state index >= 15 is 0 Å². The van der Waals surface area contributed by atoms with Crippen molar-refractivity contribution in [2.75, 3.05) is 13.2 Å². The van der Waals surface area contributed by atoms with Gasteiger partial charge >= 0.3 is 0 Å². The largest absolute Gasteiger partial charge is 0.396 e. The number of likely N-dealkylation sites (tertiary alicyclic amines) is 1. The van der Waals surface area contributed by atoms with Crippen LogP contribution in [0.25, 0.3) is 0 Å². The lowest BCUT2D eigenvalue weighted by Gasteiger charge is -2.26. The molecule has 2 fully saturated rings. The van der Waals surface area contributed by atoms with Crippen LogP contribution in [0, 0.1) is 5.92 Å². The van der Waals surface area contributed by atoms with E-state index in [9.17, 15) is 4.79 Å². The predicted octanol–water partition coefficient (Wildman–Crippen LogP) is 0.380. The number of carbonyl (C=O) groups excluding carboxylic acids is 1. The number of fused-ring (bicyclic) bond motifs is 2. The molecular formula is C9H15NO2. The van der Waals surface area contributed by atoms with Gasteiger partial charge in [-0.1, -0.05) is 0 Å². The van der Waals surface area contributed by atoms with Crippen LogP contribution < -0.4 is 0 Å². The van der Waals surface area contributed by atoms with E-state index in [1.807, 2.05) is 4.90 Å². The molecule has 0 aromatic carbocycles. The molecule has 0 spiro atoms. The summed E-state index contributed by atoms with van der Waals surface area (Å²) in [6.07, 6.45) is 4.08. The Morgan fingerprint density at radius 2 is 2.33 bits per heavy atom. The SMILES string of the molecule is O=C1C2CCC(C2)N1CCCO. The van der Waals surface area contributed by atoms with Crippen LogP contribution in [0.5, 0.6) is 0 Å². The number of carbonyl (C=O) groups is 1. The lowest BCUT2D eigenvalue weighted by atomic mass is 10.1. The molecule has 1 N–H and O–H groups in total. The second-order valence-corrected chi connectivity index (χ2v) is 3.77. The Morgan fingerprint density at radius 1 is 1.50 bits per heavy atom. The zero-order valence-corrected chi connectivity index (χ0v) is 7.20. The molecule has 2 bridgehead atoms. The summed E-state index contributed by atoms with van der Waals surface area (Å²) in [4.78, 5) is 13.5. The van der Waals surface area contributed by atoms with Gasteiger partial charge in [-0.2, -0.15) is 0 Å². The summed E-state index contributed by atoms with van der Waals surface area (Å²) in [6, 6.07) is 0.508. The van der Waals surface area contributed by atoms with Gasteiger partial charge in [-0.15, -0.1) is 0 Å². The average molecular weight is 169 g/mol. The van der Waals surface area contributed by atoms with Crippen molar-refractivity contribution in [3.05, 3.63) is 0 Å². The van der Waals surface area contributed by atoms with Crippen molar-refractivity contribution < 1.29 is 9.90 Å². The van der Waals surface area contributed by atoms with E-state index in [0.29, 0.717) is 17.9 Å². The number of nitrogens with zero attached hydrogens (tertiary/aromatic N) is 1. The molecule has 2 aliphatic rings. The summed E-state index contributed by atoms with van der Waals surface area (Å²) >= 11 is 0. The van der Waals surface area contributed by atoms with Crippen molar-refractivity contribution in [3.8, 4) is 0 Å². The fourth-order valence-corrected chi connectivity index (χ4v) is 2.41. The van der Waals surface area contributed by atoms with Gasteiger partial charge in [-0.25, -0.2) is 0 Å². The molecule has 0 aromatic heterocycles. The number of hydrogen-bond donors (Lipinski definition) is 1. The summed E-state index contributed by atoms with van der Waals surface area (Å²) in [5.74, 6) is 0.661. The fourth-order valence-electron chi connectivity index (χ4n) is 2.41. The maximum atomic E-state index is 11.5. The highest BCUT2D eigenvalue weighted by Crippen LogP contribution is 2.38. The van der Waals surface area contributed by atoms with Crippen LogP contribution in [-0.4, -0.2) is 35.1 Å². The van der Waals surface area contributed by atoms with E-state index < -0.39 is 0 Å². The van der Waals surface area contributed by atoms with Gasteiger partial charge in [0.1, 0.15) is 0 Å². The summed E-state index contributed by atoms with van der Waals surface area (Å²) < 4.78 is 0. The minimum absolute atomic E-state index is 0.196. The zero-order valence-electron chi connectivity index (χ0n) is 7.20. The maximum Gasteiger partial charge on any atom is 0.226 e. The Kier molecular flexibility index (Phi) is 2.05. The van der Waals surface area contributed by atoms with E-state index in [0.717, 1.165) is 25.8 Å². The third-order valence-electron chi connectivity index (χ3n) is 3.04. The second kappa shape index (κ2) is 3.05. The first-order valence-corrected chi connectivity index (χ1v) is 4.74. The number of aliphatic hydroxyl groups excluding tert-OH is 1. The molecule has 0 aromatic rings. The molecule has 0 radical (unpaired) electrons. The monoisotopic (exact) mass is 169 g/mol. The van der Waals surface area contributed by atoms with Gasteiger partial charge in [-0.3, -0.25) is 4.79 Å². The Balaban J connectivity index is 1.94. The van der Waals surface area contributed by atoms with E-state index in [-0.39, 0.29) is 6.61 Å². The normalized spacial score (nSPS) is 33.4. The highest BCUT2D eigenvalue weighted by Gasteiger charge is 2.43. The van der Waals surface area contributed by atoms with Crippen molar-refractivity contribution in [1.29, 1.82) is 0 Å². The minimum Gasteiger partial charge on any atom is -0.396 e. The minimum atomic E-state index is 0.196. The van der Waals surface area contributed by atoms with E-state index in [1.54, 1.807) is 0 Å². The van der Waals surface area contributed by atoms with Gasteiger partial charge in [0.2, 0.25) is 5.91 Å². The van der Waals surface area contributed by atoms with E-state index in [4.69, 9.17) is 5.11 Å². The Labute approximate surface area is 72.4 Å². The Hall–Kier alpha value is -0.570. The van der Waals surface area contributed by atoms with Gasteiger partial charge in [0, 0.05) is 25.1 Å². The van der Waals surface area contributed by atoms with Crippen molar-refractivity contribution >= 4 is 5.91 Å². The van der Waals surface area contributed by atoms with E-state index in [2.05, 4.69) is 0 Å². The molecule has 3 heteroatoms. The highest BCUT2D eigenvalue weighted by atomic mass is 16.3. The van der Waals surface area contributed by atoms with Crippen LogP contribution >= 0.6 is 0 Å². The van der Waals surface area contributed by atoms with Crippen molar-refractivity contribution in [2.24, 2.45) is 5.92 Å². The van der Waals surface area contributed by atoms with Crippen LogP contribution in [0.4, 0.5) is 0 Å². The number of aliphatic hydroxyl groups is 1. The number of amides is 1. The number of piperidine rings is 1. The molecule has 12 heavy (non-hydrogen) atoms. The topological polar surface area (TPSA) is 40.5 Å². The lowest BCUT2D eigenvalue weighted by molar-refractivity contribution is -0.134. The summed E-state index contributed by atoms with van der Waals surface area (Å²) in [7, 11) is 0. The molecule has 1 saturated carbocycles. The molecule has 68 valence electrons. The summed E-state index contributed by atoms with van der Waals surface area (Å²) in [5, 5.41) is 8.65. The molecule has 2 unspecified atom stereocenters. The molecule has 1 aliphatic carbocycles. The standard InChI is InChI=1S/C9H15NO2/c11-5-1-4-10-8-3-2-7(6-8)9(10)12/h7-8,11H,1-6H2. The smallest absolute Gasteiger partial charge is 0.226 e. The molecule has 1 amide bonds. The molecule has 2 atom stereocenters. The van der Waals surface area contributed by atoms with Gasteiger partial charge in [0.05, 0.1) is 0 Å². The Morgan fingerprint density at radius 3 is 2.92 bits per heavy atom. The summed E-state index contributed by atoms with van der Waals surface area (Å²) in [5.41, 5.74) is 0. The molecule has 1 saturated heterocycles. The van der Waals surface area contributed by atoms with Crippen molar-refractivity contribution in [3.63, 3.8) is 0 Å². The van der Waals surface area contributed by atoms with Crippen molar-refractivity contribution in [2.45, 2.75) is 31.7 Å². The first-order chi connectivity index (χ1) is 5.83. The third-order valence-corrected chi connectivity index (χ3v) is 3.04. The Bertz CT molecular complexity index is 193. The van der Waals surface area contributed by atoms with Crippen LogP contribution in [0.1, 0.15) is 25.7 Å². The molecule has 1 aliphatic heterocycles. The molecule has 2 rings (SSSR count). The second-order valence-electron chi connectivity index (χ2n) is 3.77. The van der Waals surface area contributed by atoms with Crippen LogP contribution in [-0.2, 0) is 4.79 Å². The highest BCUT2D eigenvalue weighted by molar-refractivity contribution is 5.82. The lowest BCUT2D eigenvalue weighted by Crippen LogP contribution is -2.37. The first kappa shape index (κ1) is 8.05. The maximum absolute atomic E-state index is 11.5. The van der Waals surface area contributed by atoms with Gasteiger partial charge in [-0.05, 0) is 25.7 Å². The van der Waals surface area contributed by atoms with Crippen LogP contribution in [0.2, 0.25) is 0 Å². The van der Waals surface area contributed by atoms with Gasteiger partial charge in [0.15, 0.2) is 0 Å². The van der Waals surface area contributed by atoms with Gasteiger partial charge < -0.3 is 10.0 Å². The fraction of sp³-hybridized carbons (Fsp3) is 0.889. The summed E-state index contributed by atoms with van der Waals surface area (Å²) in [6.45, 7) is 0.956. The third kappa shape index (κ3) is 1.12. The molecule has 3 nitrogen and oxygen atoms in total. The zero-order chi connectivity index (χ0) is 8.55. The van der Waals surface area contributed by atoms with E-state index in [1.165, 1.54) is 6.42 Å². The number of hydrogen-bond acceptors (Lipinski definition) is 2. The number of rotatable bonds is 3. The van der Waals surface area contributed by atoms with Gasteiger partial charge in [0.25, 0.3) is 0 Å². The van der Waals surface area contributed by atoms with Crippen molar-refractivity contribution in [1.82, 2.24) is 4.90 Å². The van der Waals surface area contributed by atoms with Crippen LogP contribution in [0.3, 0.4) is 0 Å². The molecule has 1 heterocycles. The first-order valence-electron chi connectivity index (χ1n) is 4.74. The van der Waals surface area contributed by atoms with Crippen LogP contribution in [0.15, 0.2) is 0 Å². The predicted molar refractivity (Wildman–Crippen MR) is 44.5 cm³/mol. The quantitative estimate of drug-likeness (QED) is 0.663. The average Bonchev–Trinajstić information content (AvgIpc) is 2.62.